The summed E-state index contributed by atoms with van der Waals surface area (Å²) in [6, 6.07) is 5.27. The van der Waals surface area contributed by atoms with Crippen LogP contribution in [0.4, 0.5) is 23.7 Å². The molecule has 0 fully saturated rings. The van der Waals surface area contributed by atoms with Gasteiger partial charge in [-0.1, -0.05) is 0 Å². The molecule has 0 saturated heterocycles. The third-order valence-corrected chi connectivity index (χ3v) is 1.92. The molecule has 1 rings (SSSR count). The van der Waals surface area contributed by atoms with E-state index in [1.165, 1.54) is 24.3 Å². The molecule has 1 aromatic rings. The highest BCUT2D eigenvalue weighted by Crippen LogP contribution is 2.23. The third-order valence-electron chi connectivity index (χ3n) is 1.92. The van der Waals surface area contributed by atoms with E-state index < -0.39 is 18.4 Å². The van der Waals surface area contributed by atoms with Crippen LogP contribution >= 0.6 is 0 Å². The fraction of sp³-hybridized carbons (Fsp3) is 0.300. The molecular weight excluding hydrogens is 255 g/mol. The zero-order chi connectivity index (χ0) is 13.8. The maximum atomic E-state index is 12.1. The van der Waals surface area contributed by atoms with Gasteiger partial charge in [0.1, 0.15) is 5.75 Å². The van der Waals surface area contributed by atoms with Gasteiger partial charge in [-0.3, -0.25) is 10.7 Å². The molecule has 0 saturated carbocycles. The minimum absolute atomic E-state index is 0.00613. The lowest BCUT2D eigenvalue weighted by molar-refractivity contribution is -0.200. The van der Waals surface area contributed by atoms with E-state index in [2.05, 4.69) is 9.47 Å². The predicted octanol–water partition coefficient (Wildman–Crippen LogP) is 2.95. The number of carbonyl (C=O) groups is 1. The van der Waals surface area contributed by atoms with Crippen LogP contribution in [0.15, 0.2) is 24.3 Å². The van der Waals surface area contributed by atoms with Crippen molar-refractivity contribution in [3.63, 3.8) is 0 Å². The Kier molecular flexibility index (Phi) is 4.38. The Bertz CT molecular complexity index is 405. The molecule has 0 aliphatic rings. The van der Waals surface area contributed by atoms with Crippen molar-refractivity contribution in [3.05, 3.63) is 24.3 Å². The molecule has 0 radical (unpaired) electrons. The summed E-state index contributed by atoms with van der Waals surface area (Å²) in [4.78, 5) is 11.0. The SMILES string of the molecule is CC(OC(=O)Oc1ccc(NO)cc1)C(F)(F)F. The second-order valence-corrected chi connectivity index (χ2v) is 3.29. The van der Waals surface area contributed by atoms with E-state index >= 15 is 0 Å². The fourth-order valence-electron chi connectivity index (χ4n) is 0.929. The van der Waals surface area contributed by atoms with Crippen LogP contribution in [-0.4, -0.2) is 23.6 Å². The highest BCUT2D eigenvalue weighted by molar-refractivity contribution is 5.64. The molecule has 8 heteroatoms. The summed E-state index contributed by atoms with van der Waals surface area (Å²) < 4.78 is 44.8. The third kappa shape index (κ3) is 4.13. The van der Waals surface area contributed by atoms with E-state index in [1.807, 2.05) is 5.48 Å². The van der Waals surface area contributed by atoms with Crippen molar-refractivity contribution in [2.45, 2.75) is 19.2 Å². The smallest absolute Gasteiger partial charge is 0.421 e. The van der Waals surface area contributed by atoms with Crippen LogP contribution in [0.25, 0.3) is 0 Å². The van der Waals surface area contributed by atoms with Gasteiger partial charge < -0.3 is 9.47 Å². The summed E-state index contributed by atoms with van der Waals surface area (Å²) in [6.07, 6.45) is -8.34. The van der Waals surface area contributed by atoms with E-state index in [-0.39, 0.29) is 5.75 Å². The van der Waals surface area contributed by atoms with E-state index in [0.29, 0.717) is 12.6 Å². The number of halogens is 3. The number of hydrogen-bond donors (Lipinski definition) is 2. The molecule has 0 aromatic heterocycles. The number of rotatable bonds is 3. The zero-order valence-corrected chi connectivity index (χ0v) is 9.19. The normalized spacial score (nSPS) is 12.7. The number of alkyl halides is 3. The number of benzene rings is 1. The number of carbonyl (C=O) groups excluding carboxylic acids is 1. The molecule has 1 unspecified atom stereocenters. The summed E-state index contributed by atoms with van der Waals surface area (Å²) in [5, 5.41) is 8.51. The molecule has 0 spiro atoms. The summed E-state index contributed by atoms with van der Waals surface area (Å²) in [5.74, 6) is -0.00613. The molecule has 0 aliphatic heterocycles. The van der Waals surface area contributed by atoms with Gasteiger partial charge >= 0.3 is 12.3 Å². The number of hydrogen-bond acceptors (Lipinski definition) is 5. The predicted molar refractivity (Wildman–Crippen MR) is 54.5 cm³/mol. The van der Waals surface area contributed by atoms with Crippen LogP contribution in [-0.2, 0) is 4.74 Å². The first-order chi connectivity index (χ1) is 8.32. The summed E-state index contributed by atoms with van der Waals surface area (Å²) >= 11 is 0. The summed E-state index contributed by atoms with van der Waals surface area (Å²) in [7, 11) is 0. The second kappa shape index (κ2) is 5.58. The lowest BCUT2D eigenvalue weighted by atomic mass is 10.3. The van der Waals surface area contributed by atoms with Gasteiger partial charge in [-0.2, -0.15) is 13.2 Å². The minimum Gasteiger partial charge on any atom is -0.421 e. The van der Waals surface area contributed by atoms with Crippen LogP contribution in [0.2, 0.25) is 0 Å². The van der Waals surface area contributed by atoms with Gasteiger partial charge in [0.25, 0.3) is 0 Å². The largest absolute Gasteiger partial charge is 0.514 e. The molecule has 2 N–H and O–H groups in total. The average Bonchev–Trinajstić information content (AvgIpc) is 2.28. The lowest BCUT2D eigenvalue weighted by Crippen LogP contribution is -2.31. The van der Waals surface area contributed by atoms with Gasteiger partial charge in [-0.05, 0) is 31.2 Å². The monoisotopic (exact) mass is 265 g/mol. The molecule has 0 heterocycles. The van der Waals surface area contributed by atoms with E-state index in [0.717, 1.165) is 0 Å². The van der Waals surface area contributed by atoms with Gasteiger partial charge in [0.2, 0.25) is 0 Å². The molecule has 5 nitrogen and oxygen atoms in total. The highest BCUT2D eigenvalue weighted by Gasteiger charge is 2.39. The summed E-state index contributed by atoms with van der Waals surface area (Å²) in [5.41, 5.74) is 2.17. The molecule has 0 aliphatic carbocycles. The fourth-order valence-corrected chi connectivity index (χ4v) is 0.929. The second-order valence-electron chi connectivity index (χ2n) is 3.29. The van der Waals surface area contributed by atoms with Crippen LogP contribution in [0.3, 0.4) is 0 Å². The molecule has 0 bridgehead atoms. The Morgan fingerprint density at radius 1 is 1.33 bits per heavy atom. The van der Waals surface area contributed by atoms with Gasteiger partial charge in [0.05, 0.1) is 5.69 Å². The van der Waals surface area contributed by atoms with Gasteiger partial charge in [-0.25, -0.2) is 4.79 Å². The molecule has 100 valence electrons. The topological polar surface area (TPSA) is 67.8 Å². The minimum atomic E-state index is -4.64. The Balaban J connectivity index is 2.54. The first-order valence-corrected chi connectivity index (χ1v) is 4.78. The van der Waals surface area contributed by atoms with Crippen molar-refractivity contribution >= 4 is 11.8 Å². The van der Waals surface area contributed by atoms with E-state index in [9.17, 15) is 18.0 Å². The van der Waals surface area contributed by atoms with Crippen molar-refractivity contribution in [1.82, 2.24) is 0 Å². The molecule has 1 atom stereocenters. The Morgan fingerprint density at radius 3 is 2.33 bits per heavy atom. The van der Waals surface area contributed by atoms with E-state index in [4.69, 9.17) is 5.21 Å². The Hall–Kier alpha value is -1.96. The first-order valence-electron chi connectivity index (χ1n) is 4.78. The molecular formula is C10H10F3NO4. The number of nitrogens with one attached hydrogen (secondary N) is 1. The average molecular weight is 265 g/mol. The molecule has 18 heavy (non-hydrogen) atoms. The van der Waals surface area contributed by atoms with Crippen molar-refractivity contribution in [2.24, 2.45) is 0 Å². The van der Waals surface area contributed by atoms with Crippen LogP contribution in [0.5, 0.6) is 5.75 Å². The zero-order valence-electron chi connectivity index (χ0n) is 9.19. The van der Waals surface area contributed by atoms with Gasteiger partial charge in [-0.15, -0.1) is 0 Å². The highest BCUT2D eigenvalue weighted by atomic mass is 19.4. The lowest BCUT2D eigenvalue weighted by Gasteiger charge is -2.15. The van der Waals surface area contributed by atoms with Crippen molar-refractivity contribution in [1.29, 1.82) is 0 Å². The van der Waals surface area contributed by atoms with E-state index in [1.54, 1.807) is 0 Å². The van der Waals surface area contributed by atoms with Crippen LogP contribution < -0.4 is 10.2 Å². The van der Waals surface area contributed by atoms with Gasteiger partial charge in [0, 0.05) is 0 Å². The quantitative estimate of drug-likeness (QED) is 0.499. The van der Waals surface area contributed by atoms with Gasteiger partial charge in [0.15, 0.2) is 6.10 Å². The van der Waals surface area contributed by atoms with Crippen LogP contribution in [0.1, 0.15) is 6.92 Å². The van der Waals surface area contributed by atoms with Crippen LogP contribution in [0, 0.1) is 0 Å². The van der Waals surface area contributed by atoms with Crippen molar-refractivity contribution in [2.75, 3.05) is 5.48 Å². The first kappa shape index (κ1) is 14.1. The summed E-state index contributed by atoms with van der Waals surface area (Å²) in [6.45, 7) is 0.694. The molecule has 1 aromatic carbocycles. The standard InChI is InChI=1S/C10H10F3NO4/c1-6(10(11,12)13)17-9(15)18-8-4-2-7(14-16)3-5-8/h2-6,14,16H,1H3. The number of anilines is 1. The number of ether oxygens (including phenoxy) is 2. The Morgan fingerprint density at radius 2 is 1.89 bits per heavy atom. The van der Waals surface area contributed by atoms with Crippen molar-refractivity contribution < 1.29 is 32.6 Å². The van der Waals surface area contributed by atoms with Crippen molar-refractivity contribution in [3.8, 4) is 5.75 Å². The molecule has 0 amide bonds. The maximum Gasteiger partial charge on any atom is 0.514 e. The Labute approximate surface area is 100 Å². The maximum absolute atomic E-state index is 12.1.